The number of aryl methyl sites for hydroxylation is 3. The molecule has 1 unspecified atom stereocenters. The molecule has 0 saturated carbocycles. The molecule has 4 aromatic rings. The lowest BCUT2D eigenvalue weighted by Gasteiger charge is -2.36. The van der Waals surface area contributed by atoms with Crippen molar-refractivity contribution in [3.63, 3.8) is 0 Å². The van der Waals surface area contributed by atoms with Crippen LogP contribution in [0.2, 0.25) is 0 Å². The third-order valence-electron chi connectivity index (χ3n) is 7.90. The lowest BCUT2D eigenvalue weighted by molar-refractivity contribution is -0.140. The van der Waals surface area contributed by atoms with Gasteiger partial charge in [0.2, 0.25) is 11.8 Å². The Morgan fingerprint density at radius 3 is 1.98 bits per heavy atom. The van der Waals surface area contributed by atoms with Crippen LogP contribution in [0.3, 0.4) is 0 Å². The monoisotopic (exact) mass is 639 g/mol. The first-order chi connectivity index (χ1) is 21.8. The van der Waals surface area contributed by atoms with Crippen molar-refractivity contribution in [2.75, 3.05) is 10.8 Å². The summed E-state index contributed by atoms with van der Waals surface area (Å²) in [7, 11) is -4.16. The maximum absolute atomic E-state index is 14.7. The molecule has 8 heteroatoms. The fourth-order valence-corrected chi connectivity index (χ4v) is 6.83. The maximum Gasteiger partial charge on any atom is 0.264 e. The average Bonchev–Trinajstić information content (AvgIpc) is 3.02. The van der Waals surface area contributed by atoms with Gasteiger partial charge in [0.25, 0.3) is 10.0 Å². The Kier molecular flexibility index (Phi) is 11.1. The van der Waals surface area contributed by atoms with Gasteiger partial charge in [-0.25, -0.2) is 8.42 Å². The highest BCUT2D eigenvalue weighted by molar-refractivity contribution is 7.92. The van der Waals surface area contributed by atoms with E-state index in [4.69, 9.17) is 0 Å². The average molecular weight is 640 g/mol. The molecule has 0 bridgehead atoms. The van der Waals surface area contributed by atoms with E-state index in [-0.39, 0.29) is 23.8 Å². The largest absolute Gasteiger partial charge is 0.350 e. The van der Waals surface area contributed by atoms with Crippen molar-refractivity contribution in [2.45, 2.75) is 77.4 Å². The molecule has 0 aliphatic rings. The van der Waals surface area contributed by atoms with E-state index in [1.807, 2.05) is 108 Å². The van der Waals surface area contributed by atoms with Crippen LogP contribution in [-0.4, -0.2) is 43.3 Å². The Hall–Kier alpha value is -4.43. The van der Waals surface area contributed by atoms with Crippen LogP contribution < -0.4 is 9.62 Å². The summed E-state index contributed by atoms with van der Waals surface area (Å²) in [5.41, 5.74) is 4.34. The zero-order valence-electron chi connectivity index (χ0n) is 27.7. The molecule has 0 aliphatic heterocycles. The summed E-state index contributed by atoms with van der Waals surface area (Å²) in [5, 5.41) is 3.08. The number of anilines is 1. The van der Waals surface area contributed by atoms with Crippen LogP contribution in [0.5, 0.6) is 0 Å². The molecule has 0 radical (unpaired) electrons. The lowest BCUT2D eigenvalue weighted by atomic mass is 10.00. The van der Waals surface area contributed by atoms with Gasteiger partial charge in [-0.2, -0.15) is 0 Å². The number of rotatable bonds is 12. The minimum Gasteiger partial charge on any atom is -0.350 e. The Balaban J connectivity index is 1.85. The summed E-state index contributed by atoms with van der Waals surface area (Å²) < 4.78 is 29.9. The van der Waals surface area contributed by atoms with Crippen LogP contribution >= 0.6 is 0 Å². The van der Waals surface area contributed by atoms with Crippen LogP contribution in [0.15, 0.2) is 108 Å². The molecule has 46 heavy (non-hydrogen) atoms. The molecule has 0 saturated heterocycles. The van der Waals surface area contributed by atoms with Crippen molar-refractivity contribution in [3.05, 3.63) is 131 Å². The fourth-order valence-electron chi connectivity index (χ4n) is 5.38. The number of carbonyl (C=O) groups is 2. The summed E-state index contributed by atoms with van der Waals surface area (Å²) in [6.45, 7) is 11.2. The van der Waals surface area contributed by atoms with Crippen molar-refractivity contribution in [1.29, 1.82) is 0 Å². The van der Waals surface area contributed by atoms with Gasteiger partial charge >= 0.3 is 0 Å². The number of benzene rings is 4. The Morgan fingerprint density at radius 2 is 1.37 bits per heavy atom. The third-order valence-corrected chi connectivity index (χ3v) is 9.67. The van der Waals surface area contributed by atoms with E-state index >= 15 is 0 Å². The van der Waals surface area contributed by atoms with E-state index in [0.29, 0.717) is 12.1 Å². The van der Waals surface area contributed by atoms with Gasteiger partial charge in [0.15, 0.2) is 0 Å². The van der Waals surface area contributed by atoms with Crippen molar-refractivity contribution >= 4 is 27.5 Å². The number of hydrogen-bond donors (Lipinski definition) is 1. The molecule has 2 amide bonds. The van der Waals surface area contributed by atoms with Crippen molar-refractivity contribution in [3.8, 4) is 0 Å². The predicted molar refractivity (Wildman–Crippen MR) is 185 cm³/mol. The first-order valence-corrected chi connectivity index (χ1v) is 17.1. The number of carbonyl (C=O) groups excluding carboxylic acids is 2. The molecule has 0 fully saturated rings. The van der Waals surface area contributed by atoms with Gasteiger partial charge in [-0.1, -0.05) is 97.4 Å². The molecule has 0 heterocycles. The van der Waals surface area contributed by atoms with E-state index in [9.17, 15) is 18.0 Å². The number of hydrogen-bond acceptors (Lipinski definition) is 4. The van der Waals surface area contributed by atoms with E-state index in [2.05, 4.69) is 5.32 Å². The van der Waals surface area contributed by atoms with E-state index in [0.717, 1.165) is 27.8 Å². The molecule has 0 aliphatic carbocycles. The Morgan fingerprint density at radius 1 is 0.783 bits per heavy atom. The van der Waals surface area contributed by atoms with Crippen LogP contribution in [0.4, 0.5) is 5.69 Å². The topological polar surface area (TPSA) is 86.8 Å². The molecule has 242 valence electrons. The maximum atomic E-state index is 14.7. The summed E-state index contributed by atoms with van der Waals surface area (Å²) >= 11 is 0. The second kappa shape index (κ2) is 14.8. The quantitative estimate of drug-likeness (QED) is 0.189. The molecule has 4 aromatic carbocycles. The molecule has 0 spiro atoms. The molecule has 1 N–H and O–H groups in total. The van der Waals surface area contributed by atoms with E-state index in [1.54, 1.807) is 41.3 Å². The lowest BCUT2D eigenvalue weighted by Crippen LogP contribution is -2.56. The van der Waals surface area contributed by atoms with Gasteiger partial charge in [-0.3, -0.25) is 13.9 Å². The van der Waals surface area contributed by atoms with Gasteiger partial charge in [-0.05, 0) is 81.5 Å². The Labute approximate surface area is 274 Å². The molecule has 7 nitrogen and oxygen atoms in total. The summed E-state index contributed by atoms with van der Waals surface area (Å²) in [4.78, 5) is 30.4. The smallest absolute Gasteiger partial charge is 0.264 e. The van der Waals surface area contributed by atoms with Gasteiger partial charge in [0, 0.05) is 18.5 Å². The van der Waals surface area contributed by atoms with Crippen molar-refractivity contribution < 1.29 is 18.0 Å². The number of nitrogens with zero attached hydrogens (tertiary/aromatic N) is 2. The Bertz CT molecular complexity index is 1750. The number of para-hydroxylation sites is 1. The normalized spacial score (nSPS) is 12.3. The van der Waals surface area contributed by atoms with Gasteiger partial charge in [0.05, 0.1) is 10.6 Å². The minimum absolute atomic E-state index is 0.0913. The van der Waals surface area contributed by atoms with Crippen LogP contribution in [0.25, 0.3) is 0 Å². The molecule has 1 atom stereocenters. The van der Waals surface area contributed by atoms with Crippen LogP contribution in [-0.2, 0) is 39.0 Å². The standard InChI is InChI=1S/C38H45N3O4S/c1-7-31-18-13-14-20-34(31)41(46(44,45)33-23-21-28(2)22-24-33)27-36(42)40(26-32-19-12-11-15-29(32)3)35(37(43)39-38(4,5)6)25-30-16-9-8-10-17-30/h8-24,35H,7,25-27H2,1-6H3,(H,39,43). The molecule has 0 aromatic heterocycles. The minimum atomic E-state index is -4.16. The van der Waals surface area contributed by atoms with E-state index in [1.165, 1.54) is 4.31 Å². The highest BCUT2D eigenvalue weighted by atomic mass is 32.2. The number of sulfonamides is 1. The van der Waals surface area contributed by atoms with E-state index < -0.39 is 34.1 Å². The highest BCUT2D eigenvalue weighted by Crippen LogP contribution is 2.29. The molecule has 4 rings (SSSR count). The van der Waals surface area contributed by atoms with Crippen molar-refractivity contribution in [2.24, 2.45) is 0 Å². The molecular formula is C38H45N3O4S. The first kappa shape index (κ1) is 34.4. The van der Waals surface area contributed by atoms with Gasteiger partial charge < -0.3 is 10.2 Å². The highest BCUT2D eigenvalue weighted by Gasteiger charge is 2.36. The third kappa shape index (κ3) is 8.63. The SMILES string of the molecule is CCc1ccccc1N(CC(=O)N(Cc1ccccc1C)C(Cc1ccccc1)C(=O)NC(C)(C)C)S(=O)(=O)c1ccc(C)cc1. The summed E-state index contributed by atoms with van der Waals surface area (Å²) in [6, 6.07) is 30.3. The number of nitrogens with one attached hydrogen (secondary N) is 1. The second-order valence-corrected chi connectivity index (χ2v) is 14.6. The second-order valence-electron chi connectivity index (χ2n) is 12.7. The predicted octanol–water partition coefficient (Wildman–Crippen LogP) is 6.62. The van der Waals surface area contributed by atoms with Gasteiger partial charge in [0.1, 0.15) is 12.6 Å². The zero-order valence-corrected chi connectivity index (χ0v) is 28.5. The fraction of sp³-hybridized carbons (Fsp3) is 0.316. The molecular weight excluding hydrogens is 595 g/mol. The van der Waals surface area contributed by atoms with Crippen LogP contribution in [0.1, 0.15) is 55.5 Å². The first-order valence-electron chi connectivity index (χ1n) is 15.7. The summed E-state index contributed by atoms with van der Waals surface area (Å²) in [6.07, 6.45) is 0.832. The zero-order chi connectivity index (χ0) is 33.5. The number of amides is 2. The van der Waals surface area contributed by atoms with Gasteiger partial charge in [-0.15, -0.1) is 0 Å². The van der Waals surface area contributed by atoms with Crippen molar-refractivity contribution in [1.82, 2.24) is 10.2 Å². The van der Waals surface area contributed by atoms with Crippen LogP contribution in [0, 0.1) is 13.8 Å². The summed E-state index contributed by atoms with van der Waals surface area (Å²) in [5.74, 6) is -0.782.